The van der Waals surface area contributed by atoms with E-state index in [0.29, 0.717) is 19.6 Å². The first-order valence-corrected chi connectivity index (χ1v) is 9.91. The Morgan fingerprint density at radius 3 is 2.57 bits per heavy atom. The summed E-state index contributed by atoms with van der Waals surface area (Å²) in [4.78, 5) is 16.9. The molecule has 0 aliphatic rings. The van der Waals surface area contributed by atoms with Crippen LogP contribution in [-0.2, 0) is 20.7 Å². The number of anilines is 1. The van der Waals surface area contributed by atoms with Crippen LogP contribution in [-0.4, -0.2) is 62.7 Å². The second-order valence-electron chi connectivity index (χ2n) is 7.05. The van der Waals surface area contributed by atoms with Crippen LogP contribution < -0.4 is 9.64 Å². The third-order valence-corrected chi connectivity index (χ3v) is 4.85. The highest BCUT2D eigenvalue weighted by Gasteiger charge is 2.18. The molecule has 7 heteroatoms. The van der Waals surface area contributed by atoms with Gasteiger partial charge in [-0.05, 0) is 29.8 Å². The summed E-state index contributed by atoms with van der Waals surface area (Å²) in [6, 6.07) is 17.7. The lowest BCUT2D eigenvalue weighted by atomic mass is 10.1. The second-order valence-corrected chi connectivity index (χ2v) is 7.05. The van der Waals surface area contributed by atoms with E-state index < -0.39 is 12.1 Å². The molecule has 0 bridgehead atoms. The third kappa shape index (κ3) is 5.98. The predicted molar refractivity (Wildman–Crippen MR) is 116 cm³/mol. The molecule has 2 aromatic carbocycles. The number of hydrogen-bond donors (Lipinski definition) is 2. The van der Waals surface area contributed by atoms with Crippen LogP contribution in [0.2, 0.25) is 0 Å². The Bertz CT molecular complexity index is 905. The number of ether oxygens (including phenoxy) is 3. The third-order valence-electron chi connectivity index (χ3n) is 4.85. The van der Waals surface area contributed by atoms with E-state index in [1.165, 1.54) is 5.39 Å². The van der Waals surface area contributed by atoms with E-state index in [9.17, 15) is 9.90 Å². The zero-order valence-corrected chi connectivity index (χ0v) is 17.3. The minimum Gasteiger partial charge on any atom is -0.492 e. The van der Waals surface area contributed by atoms with Crippen LogP contribution >= 0.6 is 0 Å². The highest BCUT2D eigenvalue weighted by Crippen LogP contribution is 2.20. The first kappa shape index (κ1) is 21.7. The molecule has 2 N–H and O–H groups in total. The van der Waals surface area contributed by atoms with Gasteiger partial charge in [-0.25, -0.2) is 4.79 Å². The number of fused-ring (bicyclic) bond motifs is 1. The molecule has 0 amide bonds. The number of carboxylic acid groups (broad SMARTS) is 1. The Balaban J connectivity index is 1.47. The van der Waals surface area contributed by atoms with Crippen molar-refractivity contribution in [3.05, 3.63) is 60.2 Å². The van der Waals surface area contributed by atoms with Gasteiger partial charge in [0.05, 0.1) is 19.8 Å². The molecule has 0 spiro atoms. The highest BCUT2D eigenvalue weighted by atomic mass is 16.5. The van der Waals surface area contributed by atoms with Crippen LogP contribution in [0.5, 0.6) is 5.75 Å². The summed E-state index contributed by atoms with van der Waals surface area (Å²) in [5.41, 5.74) is 1.99. The Kier molecular flexibility index (Phi) is 7.70. The molecule has 0 aliphatic heterocycles. The van der Waals surface area contributed by atoms with Gasteiger partial charge in [-0.15, -0.1) is 0 Å². The summed E-state index contributed by atoms with van der Waals surface area (Å²) in [6.07, 6.45) is -0.598. The zero-order chi connectivity index (χ0) is 21.3. The van der Waals surface area contributed by atoms with E-state index in [4.69, 9.17) is 14.2 Å². The SMILES string of the molecule is COCCO[C@@H](Cc1ccc(OCCN(C)c2cc3ccccc3[nH]2)cc1)C(=O)O. The van der Waals surface area contributed by atoms with Crippen molar-refractivity contribution < 1.29 is 24.1 Å². The van der Waals surface area contributed by atoms with Crippen molar-refractivity contribution in [2.45, 2.75) is 12.5 Å². The van der Waals surface area contributed by atoms with Crippen molar-refractivity contribution in [3.8, 4) is 5.75 Å². The van der Waals surface area contributed by atoms with E-state index in [1.807, 2.05) is 43.4 Å². The number of H-pyrrole nitrogens is 1. The average molecular weight is 412 g/mol. The van der Waals surface area contributed by atoms with Crippen molar-refractivity contribution >= 4 is 22.7 Å². The Morgan fingerprint density at radius 2 is 1.87 bits per heavy atom. The molecule has 0 fully saturated rings. The number of aromatic nitrogens is 1. The first-order chi connectivity index (χ1) is 14.6. The largest absolute Gasteiger partial charge is 0.492 e. The molecule has 1 aromatic heterocycles. The number of carbonyl (C=O) groups is 1. The highest BCUT2D eigenvalue weighted by molar-refractivity contribution is 5.83. The molecule has 0 saturated carbocycles. The van der Waals surface area contributed by atoms with Crippen molar-refractivity contribution in [2.24, 2.45) is 0 Å². The number of nitrogens with zero attached hydrogens (tertiary/aromatic N) is 1. The lowest BCUT2D eigenvalue weighted by Gasteiger charge is -2.18. The molecule has 1 heterocycles. The normalized spacial score (nSPS) is 12.1. The standard InChI is InChI=1S/C23H28N2O5/c1-25(22-16-18-5-3-4-6-20(18)24-22)11-12-29-19-9-7-17(8-10-19)15-21(23(26)27)30-14-13-28-2/h3-10,16,21,24H,11-15H2,1-2H3,(H,26,27)/t21-/m0/s1. The number of methoxy groups -OCH3 is 1. The molecule has 0 aliphatic carbocycles. The number of nitrogens with one attached hydrogen (secondary N) is 1. The van der Waals surface area contributed by atoms with Crippen LogP contribution in [0.15, 0.2) is 54.6 Å². The molecule has 7 nitrogen and oxygen atoms in total. The average Bonchev–Trinajstić information content (AvgIpc) is 3.18. The molecule has 160 valence electrons. The molecule has 1 atom stereocenters. The van der Waals surface area contributed by atoms with Gasteiger partial charge in [-0.1, -0.05) is 30.3 Å². The lowest BCUT2D eigenvalue weighted by molar-refractivity contribution is -0.151. The molecular weight excluding hydrogens is 384 g/mol. The zero-order valence-electron chi connectivity index (χ0n) is 17.3. The van der Waals surface area contributed by atoms with E-state index in [1.54, 1.807) is 7.11 Å². The predicted octanol–water partition coefficient (Wildman–Crippen LogP) is 3.34. The van der Waals surface area contributed by atoms with Crippen molar-refractivity contribution in [1.29, 1.82) is 0 Å². The van der Waals surface area contributed by atoms with Gasteiger partial charge in [0.2, 0.25) is 0 Å². The summed E-state index contributed by atoms with van der Waals surface area (Å²) in [5.74, 6) is 0.811. The van der Waals surface area contributed by atoms with E-state index in [0.717, 1.165) is 29.2 Å². The van der Waals surface area contributed by atoms with E-state index >= 15 is 0 Å². The number of benzene rings is 2. The number of aromatic amines is 1. The fraction of sp³-hybridized carbons (Fsp3) is 0.348. The summed E-state index contributed by atoms with van der Waals surface area (Å²) in [5, 5.41) is 10.5. The van der Waals surface area contributed by atoms with Gasteiger partial charge in [-0.2, -0.15) is 0 Å². The molecular formula is C23H28N2O5. The van der Waals surface area contributed by atoms with Crippen LogP contribution in [0.3, 0.4) is 0 Å². The molecule has 3 rings (SSSR count). The summed E-state index contributed by atoms with van der Waals surface area (Å²) < 4.78 is 16.1. The number of hydrogen-bond acceptors (Lipinski definition) is 5. The quantitative estimate of drug-likeness (QED) is 0.444. The number of carboxylic acids is 1. The topological polar surface area (TPSA) is 84.0 Å². The number of aliphatic carboxylic acids is 1. The molecule has 30 heavy (non-hydrogen) atoms. The molecule has 0 unspecified atom stereocenters. The van der Waals surface area contributed by atoms with E-state index in [-0.39, 0.29) is 6.61 Å². The van der Waals surface area contributed by atoms with Gasteiger partial charge in [0.1, 0.15) is 18.2 Å². The monoisotopic (exact) mass is 412 g/mol. The molecule has 0 saturated heterocycles. The minimum atomic E-state index is -0.980. The molecule has 0 radical (unpaired) electrons. The fourth-order valence-electron chi connectivity index (χ4n) is 3.11. The maximum absolute atomic E-state index is 11.3. The van der Waals surface area contributed by atoms with Gasteiger partial charge in [0.25, 0.3) is 0 Å². The summed E-state index contributed by atoms with van der Waals surface area (Å²) in [7, 11) is 3.57. The maximum Gasteiger partial charge on any atom is 0.333 e. The number of para-hydroxylation sites is 1. The molecule has 3 aromatic rings. The van der Waals surface area contributed by atoms with Crippen molar-refractivity contribution in [2.75, 3.05) is 45.4 Å². The van der Waals surface area contributed by atoms with Gasteiger partial charge in [0.15, 0.2) is 6.10 Å². The summed E-state index contributed by atoms with van der Waals surface area (Å²) >= 11 is 0. The van der Waals surface area contributed by atoms with Gasteiger partial charge in [-0.3, -0.25) is 0 Å². The Morgan fingerprint density at radius 1 is 1.10 bits per heavy atom. The lowest BCUT2D eigenvalue weighted by Crippen LogP contribution is -2.27. The van der Waals surface area contributed by atoms with Crippen LogP contribution in [0.1, 0.15) is 5.56 Å². The fourth-order valence-corrected chi connectivity index (χ4v) is 3.11. The van der Waals surface area contributed by atoms with Gasteiger partial charge in [0, 0.05) is 31.5 Å². The maximum atomic E-state index is 11.3. The minimum absolute atomic E-state index is 0.249. The van der Waals surface area contributed by atoms with Gasteiger partial charge >= 0.3 is 5.97 Å². The Labute approximate surface area is 176 Å². The smallest absolute Gasteiger partial charge is 0.333 e. The van der Waals surface area contributed by atoms with Crippen molar-refractivity contribution in [1.82, 2.24) is 4.98 Å². The Hall–Kier alpha value is -3.03. The van der Waals surface area contributed by atoms with Crippen molar-refractivity contribution in [3.63, 3.8) is 0 Å². The van der Waals surface area contributed by atoms with Crippen LogP contribution in [0.4, 0.5) is 5.82 Å². The first-order valence-electron chi connectivity index (χ1n) is 9.91. The van der Waals surface area contributed by atoms with Crippen LogP contribution in [0.25, 0.3) is 10.9 Å². The summed E-state index contributed by atoms with van der Waals surface area (Å²) in [6.45, 7) is 1.87. The van der Waals surface area contributed by atoms with Crippen LogP contribution in [0, 0.1) is 0 Å². The second kappa shape index (κ2) is 10.7. The van der Waals surface area contributed by atoms with E-state index in [2.05, 4.69) is 28.1 Å². The van der Waals surface area contributed by atoms with Gasteiger partial charge < -0.3 is 29.2 Å². The number of rotatable bonds is 12. The number of likely N-dealkylation sites (N-methyl/N-ethyl adjacent to an activating group) is 1.